The largest absolute Gasteiger partial charge is 0.496 e. The van der Waals surface area contributed by atoms with Crippen molar-refractivity contribution in [2.45, 2.75) is 52.6 Å². The summed E-state index contributed by atoms with van der Waals surface area (Å²) in [5.74, 6) is 0.974. The second-order valence-corrected chi connectivity index (χ2v) is 4.65. The number of hydrogen-bond acceptors (Lipinski definition) is 2. The van der Waals surface area contributed by atoms with Gasteiger partial charge in [0.1, 0.15) is 5.75 Å². The van der Waals surface area contributed by atoms with E-state index in [0.717, 1.165) is 18.6 Å². The fourth-order valence-corrected chi connectivity index (χ4v) is 2.16. The highest BCUT2D eigenvalue weighted by atomic mass is 16.5. The number of benzene rings is 1. The molecule has 0 amide bonds. The van der Waals surface area contributed by atoms with E-state index in [1.807, 2.05) is 0 Å². The van der Waals surface area contributed by atoms with Crippen molar-refractivity contribution in [2.24, 2.45) is 0 Å². The minimum atomic E-state index is 0.328. The van der Waals surface area contributed by atoms with Gasteiger partial charge < -0.3 is 10.1 Å². The van der Waals surface area contributed by atoms with Crippen molar-refractivity contribution in [3.05, 3.63) is 29.3 Å². The summed E-state index contributed by atoms with van der Waals surface area (Å²) in [7, 11) is 1.73. The van der Waals surface area contributed by atoms with Crippen LogP contribution in [0.1, 0.15) is 50.8 Å². The molecule has 2 nitrogen and oxygen atoms in total. The Labute approximate surface area is 105 Å². The average Bonchev–Trinajstić information content (AvgIpc) is 2.35. The molecule has 0 fully saturated rings. The lowest BCUT2D eigenvalue weighted by Crippen LogP contribution is -2.30. The highest BCUT2D eigenvalue weighted by Gasteiger charge is 2.14. The zero-order chi connectivity index (χ0) is 12.8. The molecule has 2 heteroatoms. The quantitative estimate of drug-likeness (QED) is 0.809. The maximum atomic E-state index is 5.43. The molecule has 0 radical (unpaired) electrons. The van der Waals surface area contributed by atoms with Crippen molar-refractivity contribution >= 4 is 0 Å². The van der Waals surface area contributed by atoms with Gasteiger partial charge in [0.15, 0.2) is 0 Å². The summed E-state index contributed by atoms with van der Waals surface area (Å²) in [5.41, 5.74) is 2.53. The molecule has 1 rings (SSSR count). The molecular weight excluding hydrogens is 210 g/mol. The molecule has 1 aromatic carbocycles. The molecule has 96 valence electrons. The van der Waals surface area contributed by atoms with Crippen LogP contribution in [0.3, 0.4) is 0 Å². The molecule has 0 bridgehead atoms. The van der Waals surface area contributed by atoms with Crippen LogP contribution in [0.2, 0.25) is 0 Å². The first-order valence-electron chi connectivity index (χ1n) is 6.52. The van der Waals surface area contributed by atoms with Gasteiger partial charge in [0, 0.05) is 17.6 Å². The van der Waals surface area contributed by atoms with Gasteiger partial charge in [-0.3, -0.25) is 0 Å². The SMILES string of the molecule is CCC(CC)NC(C)c1cc(C)ccc1OC. The zero-order valence-electron chi connectivity index (χ0n) is 11.7. The summed E-state index contributed by atoms with van der Waals surface area (Å²) in [5, 5.41) is 3.65. The topological polar surface area (TPSA) is 21.3 Å². The lowest BCUT2D eigenvalue weighted by atomic mass is 10.0. The molecule has 0 aromatic heterocycles. The molecule has 0 heterocycles. The van der Waals surface area contributed by atoms with Gasteiger partial charge in [0.2, 0.25) is 0 Å². The van der Waals surface area contributed by atoms with E-state index in [9.17, 15) is 0 Å². The van der Waals surface area contributed by atoms with E-state index in [2.05, 4.69) is 51.2 Å². The molecule has 0 saturated carbocycles. The van der Waals surface area contributed by atoms with Gasteiger partial charge in [0.25, 0.3) is 0 Å². The molecule has 0 saturated heterocycles. The van der Waals surface area contributed by atoms with Gasteiger partial charge in [-0.15, -0.1) is 0 Å². The number of methoxy groups -OCH3 is 1. The predicted molar refractivity (Wildman–Crippen MR) is 73.7 cm³/mol. The lowest BCUT2D eigenvalue weighted by molar-refractivity contribution is 0.387. The lowest BCUT2D eigenvalue weighted by Gasteiger charge is -2.23. The van der Waals surface area contributed by atoms with Gasteiger partial charge in [-0.05, 0) is 32.8 Å². The molecular formula is C15H25NO. The normalized spacial score (nSPS) is 12.8. The fourth-order valence-electron chi connectivity index (χ4n) is 2.16. The first kappa shape index (κ1) is 14.0. The van der Waals surface area contributed by atoms with Crippen molar-refractivity contribution in [1.82, 2.24) is 5.32 Å². The standard InChI is InChI=1S/C15H25NO/c1-6-13(7-2)16-12(4)14-10-11(3)8-9-15(14)17-5/h8-10,12-13,16H,6-7H2,1-5H3. The van der Waals surface area contributed by atoms with Crippen LogP contribution < -0.4 is 10.1 Å². The third-order valence-corrected chi connectivity index (χ3v) is 3.32. The summed E-state index contributed by atoms with van der Waals surface area (Å²) in [4.78, 5) is 0. The van der Waals surface area contributed by atoms with Crippen LogP contribution in [-0.4, -0.2) is 13.2 Å². The summed E-state index contributed by atoms with van der Waals surface area (Å²) < 4.78 is 5.43. The van der Waals surface area contributed by atoms with E-state index in [1.165, 1.54) is 11.1 Å². The Morgan fingerprint density at radius 2 is 1.88 bits per heavy atom. The summed E-state index contributed by atoms with van der Waals surface area (Å²) in [6, 6.07) is 7.26. The molecule has 1 N–H and O–H groups in total. The number of rotatable bonds is 6. The Balaban J connectivity index is 2.86. The third-order valence-electron chi connectivity index (χ3n) is 3.32. The van der Waals surface area contributed by atoms with E-state index in [0.29, 0.717) is 12.1 Å². The zero-order valence-corrected chi connectivity index (χ0v) is 11.7. The molecule has 1 aromatic rings. The van der Waals surface area contributed by atoms with Crippen molar-refractivity contribution < 1.29 is 4.74 Å². The van der Waals surface area contributed by atoms with E-state index in [1.54, 1.807) is 7.11 Å². The van der Waals surface area contributed by atoms with Gasteiger partial charge in [0.05, 0.1) is 7.11 Å². The predicted octanol–water partition coefficient (Wildman–Crippen LogP) is 3.84. The Morgan fingerprint density at radius 1 is 1.24 bits per heavy atom. The third kappa shape index (κ3) is 3.74. The van der Waals surface area contributed by atoms with Crippen molar-refractivity contribution in [3.8, 4) is 5.75 Å². The molecule has 0 aliphatic heterocycles. The Kier molecular flexibility index (Phi) is 5.49. The number of ether oxygens (including phenoxy) is 1. The maximum absolute atomic E-state index is 5.43. The first-order valence-corrected chi connectivity index (χ1v) is 6.52. The average molecular weight is 235 g/mol. The summed E-state index contributed by atoms with van der Waals surface area (Å²) >= 11 is 0. The van der Waals surface area contributed by atoms with Crippen LogP contribution in [0.25, 0.3) is 0 Å². The van der Waals surface area contributed by atoms with Gasteiger partial charge >= 0.3 is 0 Å². The Bertz CT molecular complexity index is 345. The van der Waals surface area contributed by atoms with Crippen LogP contribution >= 0.6 is 0 Å². The van der Waals surface area contributed by atoms with Crippen molar-refractivity contribution in [2.75, 3.05) is 7.11 Å². The van der Waals surface area contributed by atoms with Crippen LogP contribution in [0, 0.1) is 6.92 Å². The molecule has 17 heavy (non-hydrogen) atoms. The van der Waals surface area contributed by atoms with Gasteiger partial charge in [-0.25, -0.2) is 0 Å². The Hall–Kier alpha value is -1.02. The summed E-state index contributed by atoms with van der Waals surface area (Å²) in [6.07, 6.45) is 2.32. The second-order valence-electron chi connectivity index (χ2n) is 4.65. The molecule has 0 spiro atoms. The summed E-state index contributed by atoms with van der Waals surface area (Å²) in [6.45, 7) is 8.77. The minimum absolute atomic E-state index is 0.328. The highest BCUT2D eigenvalue weighted by Crippen LogP contribution is 2.26. The fraction of sp³-hybridized carbons (Fsp3) is 0.600. The van der Waals surface area contributed by atoms with E-state index >= 15 is 0 Å². The number of aryl methyl sites for hydroxylation is 1. The van der Waals surface area contributed by atoms with Crippen molar-refractivity contribution in [1.29, 1.82) is 0 Å². The molecule has 0 aliphatic carbocycles. The number of nitrogens with one attached hydrogen (secondary N) is 1. The van der Waals surface area contributed by atoms with Gasteiger partial charge in [-0.2, -0.15) is 0 Å². The molecule has 0 aliphatic rings. The van der Waals surface area contributed by atoms with E-state index in [-0.39, 0.29) is 0 Å². The molecule has 1 atom stereocenters. The van der Waals surface area contributed by atoms with Crippen molar-refractivity contribution in [3.63, 3.8) is 0 Å². The first-order chi connectivity index (χ1) is 8.12. The van der Waals surface area contributed by atoms with Crippen LogP contribution in [0.5, 0.6) is 5.75 Å². The van der Waals surface area contributed by atoms with Crippen LogP contribution in [0.15, 0.2) is 18.2 Å². The van der Waals surface area contributed by atoms with Crippen LogP contribution in [-0.2, 0) is 0 Å². The second kappa shape index (κ2) is 6.65. The highest BCUT2D eigenvalue weighted by molar-refractivity contribution is 5.38. The van der Waals surface area contributed by atoms with E-state index < -0.39 is 0 Å². The Morgan fingerprint density at radius 3 is 2.41 bits per heavy atom. The van der Waals surface area contributed by atoms with Crippen LogP contribution in [0.4, 0.5) is 0 Å². The number of hydrogen-bond donors (Lipinski definition) is 1. The molecule has 1 unspecified atom stereocenters. The maximum Gasteiger partial charge on any atom is 0.123 e. The smallest absolute Gasteiger partial charge is 0.123 e. The monoisotopic (exact) mass is 235 g/mol. The van der Waals surface area contributed by atoms with E-state index in [4.69, 9.17) is 4.74 Å². The van der Waals surface area contributed by atoms with Gasteiger partial charge in [-0.1, -0.05) is 31.5 Å². The minimum Gasteiger partial charge on any atom is -0.496 e.